The van der Waals surface area contributed by atoms with Gasteiger partial charge in [0, 0.05) is 25.0 Å². The van der Waals surface area contributed by atoms with E-state index in [1.807, 2.05) is 61.6 Å². The van der Waals surface area contributed by atoms with E-state index in [9.17, 15) is 18.0 Å². The summed E-state index contributed by atoms with van der Waals surface area (Å²) < 4.78 is 32.5. The van der Waals surface area contributed by atoms with E-state index < -0.39 is 16.1 Å². The summed E-state index contributed by atoms with van der Waals surface area (Å²) in [4.78, 5) is 31.0. The first-order valence-electron chi connectivity index (χ1n) is 14.2. The van der Waals surface area contributed by atoms with Gasteiger partial charge < -0.3 is 15.0 Å². The third-order valence-electron chi connectivity index (χ3n) is 8.71. The normalized spacial score (nSPS) is 21.7. The molecule has 40 heavy (non-hydrogen) atoms. The average Bonchev–Trinajstić information content (AvgIpc) is 3.28. The summed E-state index contributed by atoms with van der Waals surface area (Å²) in [5.41, 5.74) is 2.44. The third-order valence-corrected chi connectivity index (χ3v) is 9.83. The summed E-state index contributed by atoms with van der Waals surface area (Å²) in [5, 5.41) is 3.02. The highest BCUT2D eigenvalue weighted by Gasteiger charge is 2.48. The van der Waals surface area contributed by atoms with Crippen molar-refractivity contribution in [2.24, 2.45) is 0 Å². The number of ether oxygens (including phenoxy) is 1. The number of anilines is 1. The van der Waals surface area contributed by atoms with Gasteiger partial charge in [-0.3, -0.25) is 18.8 Å². The highest BCUT2D eigenvalue weighted by molar-refractivity contribution is 7.92. The molecule has 0 aliphatic carbocycles. The van der Waals surface area contributed by atoms with Gasteiger partial charge in [-0.25, -0.2) is 8.42 Å². The van der Waals surface area contributed by atoms with E-state index in [2.05, 4.69) is 10.2 Å². The van der Waals surface area contributed by atoms with E-state index in [0.29, 0.717) is 39.1 Å². The third kappa shape index (κ3) is 6.04. The largest absolute Gasteiger partial charge is 0.374 e. The van der Waals surface area contributed by atoms with Gasteiger partial charge in [-0.05, 0) is 56.5 Å². The van der Waals surface area contributed by atoms with Crippen LogP contribution in [0.3, 0.4) is 0 Å². The monoisotopic (exact) mass is 568 g/mol. The van der Waals surface area contributed by atoms with E-state index in [1.165, 1.54) is 10.6 Å². The number of fused-ring (bicyclic) bond motifs is 2. The van der Waals surface area contributed by atoms with Crippen LogP contribution in [-0.2, 0) is 36.4 Å². The summed E-state index contributed by atoms with van der Waals surface area (Å²) in [6.07, 6.45) is 5.38. The van der Waals surface area contributed by atoms with Gasteiger partial charge in [-0.2, -0.15) is 0 Å². The van der Waals surface area contributed by atoms with Crippen molar-refractivity contribution in [3.8, 4) is 0 Å². The van der Waals surface area contributed by atoms with Crippen LogP contribution in [0.25, 0.3) is 0 Å². The Bertz CT molecular complexity index is 1310. The molecule has 2 fully saturated rings. The van der Waals surface area contributed by atoms with Gasteiger partial charge in [-0.15, -0.1) is 0 Å². The molecular weight excluding hydrogens is 528 g/mol. The number of carbonyl (C=O) groups excluding carboxylic acids is 2. The molecule has 3 aliphatic heterocycles. The van der Waals surface area contributed by atoms with Crippen molar-refractivity contribution in [2.75, 3.05) is 50.4 Å². The number of amides is 2. The molecule has 0 radical (unpaired) electrons. The molecule has 0 unspecified atom stereocenters. The quantitative estimate of drug-likeness (QED) is 0.526. The number of likely N-dealkylation sites (N-methyl/N-ethyl adjacent to an activating group) is 1. The summed E-state index contributed by atoms with van der Waals surface area (Å²) in [6, 6.07) is 16.4. The average molecular weight is 569 g/mol. The first kappa shape index (κ1) is 28.6. The number of benzene rings is 2. The number of sulfonamides is 1. The Hall–Kier alpha value is -2.95. The van der Waals surface area contributed by atoms with Gasteiger partial charge in [0.2, 0.25) is 21.8 Å². The highest BCUT2D eigenvalue weighted by atomic mass is 32.2. The van der Waals surface area contributed by atoms with Crippen molar-refractivity contribution >= 4 is 27.5 Å². The minimum Gasteiger partial charge on any atom is -0.374 e. The minimum absolute atomic E-state index is 0.0855. The second-order valence-corrected chi connectivity index (χ2v) is 13.4. The van der Waals surface area contributed by atoms with Crippen molar-refractivity contribution in [2.45, 2.75) is 56.2 Å². The Kier molecular flexibility index (Phi) is 8.49. The lowest BCUT2D eigenvalue weighted by atomic mass is 9.74. The number of nitrogens with zero attached hydrogens (tertiary/aromatic N) is 3. The molecule has 0 bridgehead atoms. The summed E-state index contributed by atoms with van der Waals surface area (Å²) in [6.45, 7) is 2.66. The molecular formula is C30H40N4O5S. The number of hydrogen-bond donors (Lipinski definition) is 1. The highest BCUT2D eigenvalue weighted by Crippen LogP contribution is 2.47. The Balaban J connectivity index is 1.28. The summed E-state index contributed by atoms with van der Waals surface area (Å²) >= 11 is 0. The Labute approximate surface area is 237 Å². The zero-order chi connectivity index (χ0) is 28.3. The van der Waals surface area contributed by atoms with Crippen LogP contribution in [0, 0.1) is 0 Å². The van der Waals surface area contributed by atoms with Crippen LogP contribution in [0.15, 0.2) is 54.6 Å². The van der Waals surface area contributed by atoms with Crippen LogP contribution in [0.4, 0.5) is 5.69 Å². The number of likely N-dealkylation sites (tertiary alicyclic amines) is 2. The Morgan fingerprint density at radius 1 is 1.02 bits per heavy atom. The first-order valence-corrected chi connectivity index (χ1v) is 16.0. The minimum atomic E-state index is -3.41. The fraction of sp³-hybridized carbons (Fsp3) is 0.533. The molecule has 2 atom stereocenters. The lowest BCUT2D eigenvalue weighted by Crippen LogP contribution is -2.58. The number of carbonyl (C=O) groups is 2. The summed E-state index contributed by atoms with van der Waals surface area (Å²) in [7, 11) is -1.46. The van der Waals surface area contributed by atoms with Crippen molar-refractivity contribution in [3.63, 3.8) is 0 Å². The fourth-order valence-electron chi connectivity index (χ4n) is 6.40. The molecule has 2 aromatic carbocycles. The van der Waals surface area contributed by atoms with Crippen LogP contribution in [-0.4, -0.2) is 88.2 Å². The molecule has 9 nitrogen and oxygen atoms in total. The predicted molar refractivity (Wildman–Crippen MR) is 154 cm³/mol. The number of para-hydroxylation sites is 1. The molecule has 2 saturated heterocycles. The second kappa shape index (κ2) is 11.9. The molecule has 3 heterocycles. The SMILES string of the molecule is CN1CCCC[C@@H]1C(=O)N[C@H](COCc1ccccc1)C(=O)N1CCC2(CC1)CN(S(C)(=O)=O)c1ccccc12. The maximum Gasteiger partial charge on any atom is 0.247 e. The van der Waals surface area contributed by atoms with Gasteiger partial charge in [-0.1, -0.05) is 55.0 Å². The number of hydrogen-bond acceptors (Lipinski definition) is 6. The molecule has 5 rings (SSSR count). The van der Waals surface area contributed by atoms with E-state index in [0.717, 1.165) is 42.6 Å². The topological polar surface area (TPSA) is 99.3 Å². The number of nitrogens with one attached hydrogen (secondary N) is 1. The Morgan fingerprint density at radius 3 is 2.42 bits per heavy atom. The van der Waals surface area contributed by atoms with Crippen LogP contribution in [0.1, 0.15) is 43.2 Å². The van der Waals surface area contributed by atoms with E-state index in [1.54, 1.807) is 4.90 Å². The predicted octanol–water partition coefficient (Wildman–Crippen LogP) is 2.51. The Morgan fingerprint density at radius 2 is 1.73 bits per heavy atom. The fourth-order valence-corrected chi connectivity index (χ4v) is 7.40. The van der Waals surface area contributed by atoms with Gasteiger partial charge in [0.1, 0.15) is 6.04 Å². The van der Waals surface area contributed by atoms with E-state index in [-0.39, 0.29) is 29.9 Å². The van der Waals surface area contributed by atoms with Crippen LogP contribution >= 0.6 is 0 Å². The zero-order valence-electron chi connectivity index (χ0n) is 23.4. The molecule has 3 aliphatic rings. The standard InChI is InChI=1S/C30H40N4O5S/c1-32-17-9-8-14-27(32)28(35)31-25(21-39-20-23-10-4-3-5-11-23)29(36)33-18-15-30(16-19-33)22-34(40(2,37)38)26-13-7-6-12-24(26)30/h3-7,10-13,25,27H,8-9,14-22H2,1-2H3,(H,31,35)/t25-,27-/m1/s1. The lowest BCUT2D eigenvalue weighted by Gasteiger charge is -2.41. The van der Waals surface area contributed by atoms with Gasteiger partial charge in [0.25, 0.3) is 0 Å². The first-order chi connectivity index (χ1) is 19.2. The second-order valence-electron chi connectivity index (χ2n) is 11.4. The smallest absolute Gasteiger partial charge is 0.247 e. The molecule has 1 spiro atoms. The molecule has 10 heteroatoms. The number of piperidine rings is 2. The molecule has 0 saturated carbocycles. The van der Waals surface area contributed by atoms with E-state index >= 15 is 0 Å². The van der Waals surface area contributed by atoms with Gasteiger partial charge in [0.15, 0.2) is 0 Å². The number of rotatable bonds is 8. The van der Waals surface area contributed by atoms with Gasteiger partial charge >= 0.3 is 0 Å². The molecule has 2 amide bonds. The van der Waals surface area contributed by atoms with Crippen LogP contribution < -0.4 is 9.62 Å². The lowest BCUT2D eigenvalue weighted by molar-refractivity contribution is -0.141. The zero-order valence-corrected chi connectivity index (χ0v) is 24.2. The maximum absolute atomic E-state index is 13.8. The van der Waals surface area contributed by atoms with E-state index in [4.69, 9.17) is 4.74 Å². The molecule has 2 aromatic rings. The molecule has 0 aromatic heterocycles. The maximum atomic E-state index is 13.8. The molecule has 216 valence electrons. The van der Waals surface area contributed by atoms with Crippen molar-refractivity contribution in [1.82, 2.24) is 15.1 Å². The van der Waals surface area contributed by atoms with Gasteiger partial charge in [0.05, 0.1) is 31.2 Å². The van der Waals surface area contributed by atoms with Crippen LogP contribution in [0.2, 0.25) is 0 Å². The van der Waals surface area contributed by atoms with Crippen LogP contribution in [0.5, 0.6) is 0 Å². The molecule has 1 N–H and O–H groups in total. The van der Waals surface area contributed by atoms with Crippen molar-refractivity contribution in [3.05, 3.63) is 65.7 Å². The summed E-state index contributed by atoms with van der Waals surface area (Å²) in [5.74, 6) is -0.285. The van der Waals surface area contributed by atoms with Crippen molar-refractivity contribution < 1.29 is 22.7 Å². The van der Waals surface area contributed by atoms with Crippen molar-refractivity contribution in [1.29, 1.82) is 0 Å².